The number of aromatic nitrogens is 4. The normalized spacial score (nSPS) is 18.8. The Kier molecular flexibility index (Phi) is 5.49. The van der Waals surface area contributed by atoms with Crippen LogP contribution in [0.4, 0.5) is 10.3 Å². The lowest BCUT2D eigenvalue weighted by Crippen LogP contribution is -2.42. The van der Waals surface area contributed by atoms with Crippen molar-refractivity contribution in [1.29, 1.82) is 0 Å². The molecule has 8 nitrogen and oxygen atoms in total. The summed E-state index contributed by atoms with van der Waals surface area (Å²) in [6, 6.07) is 2.95. The fourth-order valence-corrected chi connectivity index (χ4v) is 3.13. The minimum absolute atomic E-state index is 0.0551. The lowest BCUT2D eigenvalue weighted by atomic mass is 9.91. The molecule has 1 amide bonds. The van der Waals surface area contributed by atoms with Crippen molar-refractivity contribution in [2.24, 2.45) is 17.4 Å². The third-order valence-electron chi connectivity index (χ3n) is 4.63. The summed E-state index contributed by atoms with van der Waals surface area (Å²) in [5.74, 6) is -0.0525. The Hall–Kier alpha value is -3.23. The molecule has 0 aliphatic carbocycles. The highest BCUT2D eigenvalue weighted by atomic mass is 19.1. The quantitative estimate of drug-likeness (QED) is 0.540. The lowest BCUT2D eigenvalue weighted by Gasteiger charge is -2.29. The number of anilines is 1. The largest absolute Gasteiger partial charge is 0.404 e. The predicted molar refractivity (Wildman–Crippen MR) is 99.5 cm³/mol. The summed E-state index contributed by atoms with van der Waals surface area (Å²) >= 11 is 0. The van der Waals surface area contributed by atoms with Crippen LogP contribution in [0.5, 0.6) is 0 Å². The van der Waals surface area contributed by atoms with Crippen LogP contribution < -0.4 is 16.4 Å². The number of hydrogen-bond acceptors (Lipinski definition) is 6. The number of nitrogens with one attached hydrogen (secondary N) is 1. The maximum absolute atomic E-state index is 13.0. The SMILES string of the molecule is CC(=C/N)/C(=C\N)c1nc(N2CCCC(Cc3ccc(F)nc3)C2=O)n[nH]1. The third-order valence-corrected chi connectivity index (χ3v) is 4.63. The molecule has 1 aliphatic rings. The van der Waals surface area contributed by atoms with Crippen LogP contribution in [-0.4, -0.2) is 32.6 Å². The number of rotatable bonds is 5. The lowest BCUT2D eigenvalue weighted by molar-refractivity contribution is -0.123. The number of pyridine rings is 1. The summed E-state index contributed by atoms with van der Waals surface area (Å²) in [5.41, 5.74) is 13.4. The number of carbonyl (C=O) groups excluding carboxylic acids is 1. The minimum atomic E-state index is -0.533. The summed E-state index contributed by atoms with van der Waals surface area (Å²) in [5, 5.41) is 6.98. The van der Waals surface area contributed by atoms with Gasteiger partial charge in [0, 0.05) is 30.4 Å². The second-order valence-electron chi connectivity index (χ2n) is 6.44. The number of amides is 1. The number of hydrogen-bond donors (Lipinski definition) is 3. The van der Waals surface area contributed by atoms with Crippen LogP contribution in [0.2, 0.25) is 0 Å². The van der Waals surface area contributed by atoms with Gasteiger partial charge < -0.3 is 11.5 Å². The summed E-state index contributed by atoms with van der Waals surface area (Å²) < 4.78 is 13.0. The van der Waals surface area contributed by atoms with E-state index in [-0.39, 0.29) is 11.8 Å². The molecule has 0 saturated carbocycles. The molecule has 1 fully saturated rings. The standard InChI is InChI=1S/C18H22FN7O/c1-11(8-20)14(9-21)16-23-18(25-24-16)26-6-2-3-13(17(26)27)7-12-4-5-15(19)22-10-12/h4-5,8-10,13H,2-3,6-7,20-21H2,1H3,(H,23,24,25)/b11-8-,14-9+. The molecule has 1 saturated heterocycles. The fourth-order valence-electron chi connectivity index (χ4n) is 3.13. The molecular weight excluding hydrogens is 349 g/mol. The van der Waals surface area contributed by atoms with Gasteiger partial charge in [0.2, 0.25) is 11.9 Å². The first-order chi connectivity index (χ1) is 13.0. The first-order valence-electron chi connectivity index (χ1n) is 8.68. The maximum atomic E-state index is 13.0. The van der Waals surface area contributed by atoms with E-state index in [1.165, 1.54) is 24.7 Å². The van der Waals surface area contributed by atoms with Crippen LogP contribution in [0.1, 0.15) is 31.2 Å². The number of nitrogens with zero attached hydrogens (tertiary/aromatic N) is 4. The summed E-state index contributed by atoms with van der Waals surface area (Å²) in [6.45, 7) is 2.35. The molecule has 1 aliphatic heterocycles. The molecule has 2 aromatic heterocycles. The highest BCUT2D eigenvalue weighted by Gasteiger charge is 2.32. The molecule has 142 valence electrons. The number of H-pyrrole nitrogens is 1. The van der Waals surface area contributed by atoms with E-state index in [0.29, 0.717) is 30.3 Å². The van der Waals surface area contributed by atoms with E-state index in [0.717, 1.165) is 24.0 Å². The molecule has 27 heavy (non-hydrogen) atoms. The van der Waals surface area contributed by atoms with Crippen LogP contribution in [0.3, 0.4) is 0 Å². The molecule has 0 spiro atoms. The Labute approximate surface area is 156 Å². The fraction of sp³-hybridized carbons (Fsp3) is 0.333. The maximum Gasteiger partial charge on any atom is 0.251 e. The van der Waals surface area contributed by atoms with Gasteiger partial charge in [-0.15, -0.1) is 5.10 Å². The van der Waals surface area contributed by atoms with Gasteiger partial charge in [-0.25, -0.2) is 4.98 Å². The monoisotopic (exact) mass is 371 g/mol. The molecule has 0 aromatic carbocycles. The van der Waals surface area contributed by atoms with Crippen molar-refractivity contribution in [3.63, 3.8) is 0 Å². The second-order valence-corrected chi connectivity index (χ2v) is 6.44. The van der Waals surface area contributed by atoms with E-state index in [4.69, 9.17) is 11.5 Å². The van der Waals surface area contributed by atoms with Crippen molar-refractivity contribution in [2.75, 3.05) is 11.4 Å². The molecule has 1 atom stereocenters. The Morgan fingerprint density at radius 1 is 1.41 bits per heavy atom. The minimum Gasteiger partial charge on any atom is -0.404 e. The predicted octanol–water partition coefficient (Wildman–Crippen LogP) is 1.49. The topological polar surface area (TPSA) is 127 Å². The van der Waals surface area contributed by atoms with Gasteiger partial charge in [0.15, 0.2) is 5.82 Å². The van der Waals surface area contributed by atoms with Crippen LogP contribution in [0, 0.1) is 11.9 Å². The molecule has 9 heteroatoms. The van der Waals surface area contributed by atoms with E-state index in [2.05, 4.69) is 20.2 Å². The average molecular weight is 371 g/mol. The van der Waals surface area contributed by atoms with Gasteiger partial charge in [-0.05, 0) is 49.6 Å². The first kappa shape index (κ1) is 18.6. The number of aromatic amines is 1. The van der Waals surface area contributed by atoms with Crippen molar-refractivity contribution < 1.29 is 9.18 Å². The zero-order chi connectivity index (χ0) is 19.4. The highest BCUT2D eigenvalue weighted by molar-refractivity contribution is 5.94. The van der Waals surface area contributed by atoms with Crippen molar-refractivity contribution in [3.8, 4) is 0 Å². The second kappa shape index (κ2) is 7.98. The molecular formula is C18H22FN7O. The van der Waals surface area contributed by atoms with E-state index >= 15 is 0 Å². The van der Waals surface area contributed by atoms with Crippen molar-refractivity contribution in [2.45, 2.75) is 26.2 Å². The zero-order valence-corrected chi connectivity index (χ0v) is 15.0. The van der Waals surface area contributed by atoms with Crippen molar-refractivity contribution >= 4 is 17.4 Å². The number of carbonyl (C=O) groups is 1. The average Bonchev–Trinajstić information content (AvgIpc) is 3.15. The summed E-state index contributed by atoms with van der Waals surface area (Å²) in [6.07, 6.45) is 6.38. The first-order valence-corrected chi connectivity index (χ1v) is 8.68. The molecule has 1 unspecified atom stereocenters. The van der Waals surface area contributed by atoms with Crippen molar-refractivity contribution in [1.82, 2.24) is 20.2 Å². The van der Waals surface area contributed by atoms with Gasteiger partial charge in [0.05, 0.1) is 0 Å². The van der Waals surface area contributed by atoms with Gasteiger partial charge in [0.1, 0.15) is 0 Å². The number of piperidine rings is 1. The van der Waals surface area contributed by atoms with E-state index < -0.39 is 5.95 Å². The summed E-state index contributed by atoms with van der Waals surface area (Å²) in [4.78, 5) is 22.5. The Morgan fingerprint density at radius 3 is 2.89 bits per heavy atom. The molecule has 5 N–H and O–H groups in total. The van der Waals surface area contributed by atoms with Crippen LogP contribution >= 0.6 is 0 Å². The van der Waals surface area contributed by atoms with Crippen LogP contribution in [-0.2, 0) is 11.2 Å². The van der Waals surface area contributed by atoms with Gasteiger partial charge in [0.25, 0.3) is 5.95 Å². The van der Waals surface area contributed by atoms with Crippen LogP contribution in [0.25, 0.3) is 5.57 Å². The van der Waals surface area contributed by atoms with E-state index in [9.17, 15) is 9.18 Å². The van der Waals surface area contributed by atoms with Gasteiger partial charge in [-0.1, -0.05) is 6.07 Å². The number of halogens is 1. The van der Waals surface area contributed by atoms with Gasteiger partial charge in [-0.3, -0.25) is 14.8 Å². The van der Waals surface area contributed by atoms with Gasteiger partial charge in [-0.2, -0.15) is 9.37 Å². The Balaban J connectivity index is 1.77. The van der Waals surface area contributed by atoms with E-state index in [1.807, 2.05) is 0 Å². The van der Waals surface area contributed by atoms with Crippen molar-refractivity contribution in [3.05, 3.63) is 53.6 Å². The molecule has 3 rings (SSSR count). The van der Waals surface area contributed by atoms with E-state index in [1.54, 1.807) is 17.9 Å². The molecule has 0 radical (unpaired) electrons. The zero-order valence-electron chi connectivity index (χ0n) is 15.0. The Morgan fingerprint density at radius 2 is 2.22 bits per heavy atom. The molecule has 0 bridgehead atoms. The van der Waals surface area contributed by atoms with Crippen LogP contribution in [0.15, 0.2) is 36.3 Å². The molecule has 3 heterocycles. The smallest absolute Gasteiger partial charge is 0.251 e. The highest BCUT2D eigenvalue weighted by Crippen LogP contribution is 2.26. The van der Waals surface area contributed by atoms with Gasteiger partial charge >= 0.3 is 0 Å². The number of nitrogens with two attached hydrogens (primary N) is 2. The number of allylic oxidation sites excluding steroid dienone is 2. The molecule has 2 aromatic rings. The Bertz CT molecular complexity index is 872. The third kappa shape index (κ3) is 3.97. The summed E-state index contributed by atoms with van der Waals surface area (Å²) in [7, 11) is 0.